The van der Waals surface area contributed by atoms with Gasteiger partial charge in [-0.1, -0.05) is 18.2 Å². The Labute approximate surface area is 155 Å². The fourth-order valence-electron chi connectivity index (χ4n) is 3.19. The Kier molecular flexibility index (Phi) is 5.68. The minimum atomic E-state index is -4.37. The van der Waals surface area contributed by atoms with Gasteiger partial charge < -0.3 is 9.80 Å². The van der Waals surface area contributed by atoms with Gasteiger partial charge in [0.2, 0.25) is 5.91 Å². The molecule has 1 saturated heterocycles. The van der Waals surface area contributed by atoms with Gasteiger partial charge in [-0.2, -0.15) is 13.2 Å². The molecule has 1 amide bonds. The van der Waals surface area contributed by atoms with Crippen molar-refractivity contribution in [1.29, 1.82) is 0 Å². The van der Waals surface area contributed by atoms with Crippen LogP contribution in [0.3, 0.4) is 0 Å². The lowest BCUT2D eigenvalue weighted by molar-refractivity contribution is -0.137. The van der Waals surface area contributed by atoms with Crippen LogP contribution in [0.2, 0.25) is 0 Å². The lowest BCUT2D eigenvalue weighted by atomic mass is 10.1. The molecule has 3 nitrogen and oxygen atoms in total. The quantitative estimate of drug-likeness (QED) is 0.745. The Hall–Kier alpha value is -2.57. The average Bonchev–Trinajstić information content (AvgIpc) is 2.66. The number of nitrogens with zero attached hydrogens (tertiary/aromatic N) is 2. The third kappa shape index (κ3) is 4.99. The Morgan fingerprint density at radius 2 is 1.67 bits per heavy atom. The first kappa shape index (κ1) is 19.2. The smallest absolute Gasteiger partial charge is 0.368 e. The van der Waals surface area contributed by atoms with E-state index in [0.717, 1.165) is 17.7 Å². The molecule has 0 atom stereocenters. The van der Waals surface area contributed by atoms with E-state index in [1.54, 1.807) is 23.1 Å². The van der Waals surface area contributed by atoms with Crippen molar-refractivity contribution in [3.8, 4) is 0 Å². The van der Waals surface area contributed by atoms with Crippen molar-refractivity contribution in [3.63, 3.8) is 0 Å². The molecule has 0 radical (unpaired) electrons. The van der Waals surface area contributed by atoms with E-state index in [0.29, 0.717) is 38.3 Å². The summed E-state index contributed by atoms with van der Waals surface area (Å²) in [6, 6.07) is 11.4. The zero-order valence-electron chi connectivity index (χ0n) is 14.7. The van der Waals surface area contributed by atoms with E-state index in [1.165, 1.54) is 18.2 Å². The van der Waals surface area contributed by atoms with E-state index in [9.17, 15) is 22.4 Å². The highest BCUT2D eigenvalue weighted by Gasteiger charge is 2.31. The highest BCUT2D eigenvalue weighted by molar-refractivity contribution is 5.76. The average molecular weight is 380 g/mol. The van der Waals surface area contributed by atoms with Crippen LogP contribution < -0.4 is 4.90 Å². The number of alkyl halides is 3. The monoisotopic (exact) mass is 380 g/mol. The van der Waals surface area contributed by atoms with Gasteiger partial charge in [0.25, 0.3) is 0 Å². The zero-order chi connectivity index (χ0) is 19.4. The summed E-state index contributed by atoms with van der Waals surface area (Å²) in [5.74, 6) is -0.349. The molecule has 0 saturated carbocycles. The minimum absolute atomic E-state index is 0.0250. The number of carbonyl (C=O) groups excluding carboxylic acids is 1. The molecular formula is C20H20F4N2O. The van der Waals surface area contributed by atoms with Gasteiger partial charge in [-0.3, -0.25) is 4.79 Å². The molecule has 1 aliphatic rings. The molecule has 0 N–H and O–H groups in total. The molecule has 144 valence electrons. The van der Waals surface area contributed by atoms with Gasteiger partial charge in [0.15, 0.2) is 0 Å². The normalized spacial score (nSPS) is 15.1. The van der Waals surface area contributed by atoms with Crippen molar-refractivity contribution in [2.75, 3.05) is 31.1 Å². The Balaban J connectivity index is 1.53. The van der Waals surface area contributed by atoms with E-state index < -0.39 is 11.7 Å². The van der Waals surface area contributed by atoms with E-state index in [1.807, 2.05) is 4.90 Å². The van der Waals surface area contributed by atoms with Crippen molar-refractivity contribution in [3.05, 3.63) is 65.5 Å². The van der Waals surface area contributed by atoms with Crippen LogP contribution in [-0.4, -0.2) is 37.0 Å². The Morgan fingerprint density at radius 3 is 2.33 bits per heavy atom. The van der Waals surface area contributed by atoms with Crippen molar-refractivity contribution in [2.45, 2.75) is 19.0 Å². The number of aryl methyl sites for hydroxylation is 1. The standard InChI is InChI=1S/C20H20F4N2O/c21-17-5-1-3-15(13-17)7-8-19(27)26-11-9-25(10-12-26)18-6-2-4-16(14-18)20(22,23)24/h1-6,13-14H,7-12H2. The number of halogens is 4. The van der Waals surface area contributed by atoms with Crippen LogP contribution in [0.5, 0.6) is 0 Å². The van der Waals surface area contributed by atoms with Gasteiger partial charge in [0, 0.05) is 38.3 Å². The number of rotatable bonds is 4. The molecule has 2 aromatic rings. The van der Waals surface area contributed by atoms with Gasteiger partial charge in [0.1, 0.15) is 5.82 Å². The highest BCUT2D eigenvalue weighted by atomic mass is 19.4. The lowest BCUT2D eigenvalue weighted by Gasteiger charge is -2.36. The molecule has 1 fully saturated rings. The maximum absolute atomic E-state index is 13.2. The van der Waals surface area contributed by atoms with Crippen molar-refractivity contribution in [1.82, 2.24) is 4.90 Å². The molecule has 1 aliphatic heterocycles. The number of hydrogen-bond donors (Lipinski definition) is 0. The first-order chi connectivity index (χ1) is 12.8. The predicted molar refractivity (Wildman–Crippen MR) is 95.0 cm³/mol. The second kappa shape index (κ2) is 7.98. The number of carbonyl (C=O) groups is 1. The molecular weight excluding hydrogens is 360 g/mol. The van der Waals surface area contributed by atoms with Gasteiger partial charge in [-0.25, -0.2) is 4.39 Å². The second-order valence-electron chi connectivity index (χ2n) is 6.55. The number of amides is 1. The van der Waals surface area contributed by atoms with E-state index in [-0.39, 0.29) is 18.1 Å². The third-order valence-corrected chi connectivity index (χ3v) is 4.69. The summed E-state index contributed by atoms with van der Waals surface area (Å²) in [4.78, 5) is 15.9. The molecule has 0 aliphatic carbocycles. The number of piperazine rings is 1. The maximum atomic E-state index is 13.2. The second-order valence-corrected chi connectivity index (χ2v) is 6.55. The van der Waals surface area contributed by atoms with Gasteiger partial charge >= 0.3 is 6.18 Å². The summed E-state index contributed by atoms with van der Waals surface area (Å²) >= 11 is 0. The van der Waals surface area contributed by atoms with E-state index in [2.05, 4.69) is 0 Å². The van der Waals surface area contributed by atoms with Crippen LogP contribution in [0.1, 0.15) is 17.5 Å². The van der Waals surface area contributed by atoms with Crippen LogP contribution in [0.25, 0.3) is 0 Å². The summed E-state index contributed by atoms with van der Waals surface area (Å²) in [6.07, 6.45) is -3.62. The first-order valence-electron chi connectivity index (χ1n) is 8.77. The molecule has 1 heterocycles. The topological polar surface area (TPSA) is 23.6 Å². The Morgan fingerprint density at radius 1 is 0.963 bits per heavy atom. The largest absolute Gasteiger partial charge is 0.416 e. The molecule has 3 rings (SSSR count). The molecule has 27 heavy (non-hydrogen) atoms. The van der Waals surface area contributed by atoms with Crippen LogP contribution in [0.4, 0.5) is 23.2 Å². The molecule has 0 unspecified atom stereocenters. The van der Waals surface area contributed by atoms with Crippen molar-refractivity contribution in [2.24, 2.45) is 0 Å². The van der Waals surface area contributed by atoms with Crippen molar-refractivity contribution >= 4 is 11.6 Å². The lowest BCUT2D eigenvalue weighted by Crippen LogP contribution is -2.48. The van der Waals surface area contributed by atoms with Crippen LogP contribution in [-0.2, 0) is 17.4 Å². The molecule has 7 heteroatoms. The fourth-order valence-corrected chi connectivity index (χ4v) is 3.19. The van der Waals surface area contributed by atoms with Gasteiger partial charge in [0.05, 0.1) is 5.56 Å². The molecule has 0 aromatic heterocycles. The summed E-state index contributed by atoms with van der Waals surface area (Å²) in [5, 5.41) is 0. The Bertz CT molecular complexity index is 799. The maximum Gasteiger partial charge on any atom is 0.416 e. The molecule has 0 spiro atoms. The summed E-state index contributed by atoms with van der Waals surface area (Å²) in [7, 11) is 0. The minimum Gasteiger partial charge on any atom is -0.368 e. The van der Waals surface area contributed by atoms with Gasteiger partial charge in [-0.15, -0.1) is 0 Å². The third-order valence-electron chi connectivity index (χ3n) is 4.69. The van der Waals surface area contributed by atoms with Crippen LogP contribution in [0, 0.1) is 5.82 Å². The summed E-state index contributed by atoms with van der Waals surface area (Å²) < 4.78 is 51.8. The SMILES string of the molecule is O=C(CCc1cccc(F)c1)N1CCN(c2cccc(C(F)(F)F)c2)CC1. The first-order valence-corrected chi connectivity index (χ1v) is 8.77. The van der Waals surface area contributed by atoms with E-state index >= 15 is 0 Å². The fraction of sp³-hybridized carbons (Fsp3) is 0.350. The van der Waals surface area contributed by atoms with Crippen LogP contribution in [0.15, 0.2) is 48.5 Å². The summed E-state index contributed by atoms with van der Waals surface area (Å²) in [5.41, 5.74) is 0.608. The van der Waals surface area contributed by atoms with Gasteiger partial charge in [-0.05, 0) is 42.3 Å². The zero-order valence-corrected chi connectivity index (χ0v) is 14.7. The summed E-state index contributed by atoms with van der Waals surface area (Å²) in [6.45, 7) is 1.87. The van der Waals surface area contributed by atoms with E-state index in [4.69, 9.17) is 0 Å². The van der Waals surface area contributed by atoms with Crippen LogP contribution >= 0.6 is 0 Å². The predicted octanol–water partition coefficient (Wildman–Crippen LogP) is 4.13. The number of hydrogen-bond acceptors (Lipinski definition) is 2. The highest BCUT2D eigenvalue weighted by Crippen LogP contribution is 2.31. The number of anilines is 1. The molecule has 2 aromatic carbocycles. The molecule has 0 bridgehead atoms. The van der Waals surface area contributed by atoms with Crippen molar-refractivity contribution < 1.29 is 22.4 Å². The number of benzene rings is 2.